The number of alkyl halides is 3. The Bertz CT molecular complexity index is 724. The van der Waals surface area contributed by atoms with Gasteiger partial charge in [0.25, 0.3) is 0 Å². The van der Waals surface area contributed by atoms with Gasteiger partial charge in [-0.3, -0.25) is 9.58 Å². The van der Waals surface area contributed by atoms with Crippen molar-refractivity contribution in [3.05, 3.63) is 60.4 Å². The van der Waals surface area contributed by atoms with E-state index in [-0.39, 0.29) is 6.04 Å². The van der Waals surface area contributed by atoms with Gasteiger partial charge in [-0.15, -0.1) is 0 Å². The molecule has 0 amide bonds. The van der Waals surface area contributed by atoms with Crippen LogP contribution in [0.3, 0.4) is 0 Å². The molecule has 3 rings (SSSR count). The van der Waals surface area contributed by atoms with E-state index in [9.17, 15) is 13.2 Å². The first-order valence-electron chi connectivity index (χ1n) is 8.63. The van der Waals surface area contributed by atoms with Crippen molar-refractivity contribution >= 4 is 0 Å². The number of aromatic nitrogens is 2. The minimum Gasteiger partial charge on any atom is -0.490 e. The SMILES string of the molecule is C=CCOc1ccc(CN2CCC[C@@H](n3nccc3C(F)(F)F)C2)cc1. The highest BCUT2D eigenvalue weighted by Crippen LogP contribution is 2.33. The van der Waals surface area contributed by atoms with Crippen LogP contribution in [0.2, 0.25) is 0 Å². The molecule has 1 aromatic carbocycles. The average Bonchev–Trinajstić information content (AvgIpc) is 3.12. The lowest BCUT2D eigenvalue weighted by Crippen LogP contribution is -2.37. The second-order valence-electron chi connectivity index (χ2n) is 6.43. The minimum atomic E-state index is -4.37. The molecule has 140 valence electrons. The summed E-state index contributed by atoms with van der Waals surface area (Å²) in [6, 6.07) is 8.55. The number of ether oxygens (including phenoxy) is 1. The van der Waals surface area contributed by atoms with Crippen LogP contribution in [-0.2, 0) is 12.7 Å². The van der Waals surface area contributed by atoms with Crippen LogP contribution >= 0.6 is 0 Å². The molecule has 1 aromatic heterocycles. The van der Waals surface area contributed by atoms with E-state index in [2.05, 4.69) is 16.6 Å². The van der Waals surface area contributed by atoms with Gasteiger partial charge in [-0.05, 0) is 43.1 Å². The molecule has 1 aliphatic heterocycles. The van der Waals surface area contributed by atoms with Gasteiger partial charge in [0.2, 0.25) is 0 Å². The summed E-state index contributed by atoms with van der Waals surface area (Å²) < 4.78 is 45.9. The summed E-state index contributed by atoms with van der Waals surface area (Å²) >= 11 is 0. The van der Waals surface area contributed by atoms with Crippen molar-refractivity contribution in [3.8, 4) is 5.75 Å². The van der Waals surface area contributed by atoms with Crippen LogP contribution in [0.15, 0.2) is 49.2 Å². The fourth-order valence-electron chi connectivity index (χ4n) is 3.31. The molecule has 1 fully saturated rings. The van der Waals surface area contributed by atoms with Crippen molar-refractivity contribution in [3.63, 3.8) is 0 Å². The maximum atomic E-state index is 13.1. The van der Waals surface area contributed by atoms with Crippen molar-refractivity contribution in [1.29, 1.82) is 0 Å². The van der Waals surface area contributed by atoms with Crippen LogP contribution in [0.1, 0.15) is 30.1 Å². The Kier molecular flexibility index (Phi) is 5.66. The molecule has 0 radical (unpaired) electrons. The monoisotopic (exact) mass is 365 g/mol. The van der Waals surface area contributed by atoms with Crippen molar-refractivity contribution < 1.29 is 17.9 Å². The maximum absolute atomic E-state index is 13.1. The molecule has 2 aromatic rings. The number of likely N-dealkylation sites (tertiary alicyclic amines) is 1. The van der Waals surface area contributed by atoms with Crippen molar-refractivity contribution in [2.45, 2.75) is 31.6 Å². The molecular formula is C19H22F3N3O. The van der Waals surface area contributed by atoms with Crippen LogP contribution in [0, 0.1) is 0 Å². The largest absolute Gasteiger partial charge is 0.490 e. The van der Waals surface area contributed by atoms with E-state index in [1.54, 1.807) is 6.08 Å². The summed E-state index contributed by atoms with van der Waals surface area (Å²) in [4.78, 5) is 2.18. The topological polar surface area (TPSA) is 30.3 Å². The van der Waals surface area contributed by atoms with E-state index >= 15 is 0 Å². The van der Waals surface area contributed by atoms with Crippen LogP contribution in [0.5, 0.6) is 5.75 Å². The average molecular weight is 365 g/mol. The van der Waals surface area contributed by atoms with Gasteiger partial charge in [-0.2, -0.15) is 18.3 Å². The normalized spacial score (nSPS) is 18.7. The van der Waals surface area contributed by atoms with Crippen LogP contribution in [-0.4, -0.2) is 34.4 Å². The zero-order valence-electron chi connectivity index (χ0n) is 14.5. The number of rotatable bonds is 6. The van der Waals surface area contributed by atoms with E-state index in [0.717, 1.165) is 35.0 Å². The lowest BCUT2D eigenvalue weighted by molar-refractivity contribution is -0.145. The zero-order chi connectivity index (χ0) is 18.6. The first-order valence-corrected chi connectivity index (χ1v) is 8.63. The Hall–Kier alpha value is -2.28. The second kappa shape index (κ2) is 7.95. The Balaban J connectivity index is 1.64. The number of hydrogen-bond donors (Lipinski definition) is 0. The molecule has 26 heavy (non-hydrogen) atoms. The third kappa shape index (κ3) is 4.46. The lowest BCUT2D eigenvalue weighted by Gasteiger charge is -2.33. The maximum Gasteiger partial charge on any atom is 0.433 e. The standard InChI is InChI=1S/C19H22F3N3O/c1-2-12-26-17-7-5-15(6-8-17)13-24-11-3-4-16(14-24)25-18(9-10-23-25)19(20,21)22/h2,5-10,16H,1,3-4,11-14H2/t16-/m1/s1. The van der Waals surface area contributed by atoms with E-state index in [4.69, 9.17) is 4.74 Å². The van der Waals surface area contributed by atoms with Gasteiger partial charge in [0, 0.05) is 19.3 Å². The fraction of sp³-hybridized carbons (Fsp3) is 0.421. The summed E-state index contributed by atoms with van der Waals surface area (Å²) in [7, 11) is 0. The molecule has 0 N–H and O–H groups in total. The lowest BCUT2D eigenvalue weighted by atomic mass is 10.0. The van der Waals surface area contributed by atoms with Gasteiger partial charge >= 0.3 is 6.18 Å². The number of piperidine rings is 1. The quantitative estimate of drug-likeness (QED) is 0.715. The molecule has 1 aliphatic rings. The van der Waals surface area contributed by atoms with Gasteiger partial charge in [0.05, 0.1) is 6.04 Å². The summed E-state index contributed by atoms with van der Waals surface area (Å²) in [5.41, 5.74) is 0.432. The second-order valence-corrected chi connectivity index (χ2v) is 6.43. The number of hydrogen-bond acceptors (Lipinski definition) is 3. The summed E-state index contributed by atoms with van der Waals surface area (Å²) in [5.74, 6) is 0.775. The molecule has 0 bridgehead atoms. The summed E-state index contributed by atoms with van der Waals surface area (Å²) in [5, 5.41) is 3.93. The molecule has 7 heteroatoms. The third-order valence-corrected chi connectivity index (χ3v) is 4.48. The molecule has 2 heterocycles. The first kappa shape index (κ1) is 18.5. The Morgan fingerprint density at radius 2 is 2.00 bits per heavy atom. The summed E-state index contributed by atoms with van der Waals surface area (Å²) in [6.07, 6.45) is 0.0913. The van der Waals surface area contributed by atoms with Gasteiger partial charge in [0.1, 0.15) is 18.1 Å². The van der Waals surface area contributed by atoms with Crippen molar-refractivity contribution in [1.82, 2.24) is 14.7 Å². The Labute approximate surface area is 150 Å². The number of halogens is 3. The predicted octanol–water partition coefficient (Wildman–Crippen LogP) is 4.30. The molecule has 0 spiro atoms. The summed E-state index contributed by atoms with van der Waals surface area (Å²) in [6.45, 7) is 6.19. The minimum absolute atomic E-state index is 0.259. The first-order chi connectivity index (χ1) is 12.5. The van der Waals surface area contributed by atoms with Crippen LogP contribution < -0.4 is 4.74 Å². The van der Waals surface area contributed by atoms with Gasteiger partial charge in [-0.25, -0.2) is 0 Å². The smallest absolute Gasteiger partial charge is 0.433 e. The van der Waals surface area contributed by atoms with E-state index in [1.165, 1.54) is 6.20 Å². The van der Waals surface area contributed by atoms with Crippen molar-refractivity contribution in [2.75, 3.05) is 19.7 Å². The molecule has 1 saturated heterocycles. The highest BCUT2D eigenvalue weighted by molar-refractivity contribution is 5.27. The third-order valence-electron chi connectivity index (χ3n) is 4.48. The number of benzene rings is 1. The van der Waals surface area contributed by atoms with Gasteiger partial charge < -0.3 is 4.74 Å². The molecule has 0 unspecified atom stereocenters. The molecule has 1 atom stereocenters. The number of nitrogens with zero attached hydrogens (tertiary/aromatic N) is 3. The van der Waals surface area contributed by atoms with Gasteiger partial charge in [-0.1, -0.05) is 24.8 Å². The van der Waals surface area contributed by atoms with E-state index in [0.29, 0.717) is 26.1 Å². The van der Waals surface area contributed by atoms with Gasteiger partial charge in [0.15, 0.2) is 0 Å². The fourth-order valence-corrected chi connectivity index (χ4v) is 3.31. The Morgan fingerprint density at radius 1 is 1.23 bits per heavy atom. The van der Waals surface area contributed by atoms with Crippen LogP contribution in [0.25, 0.3) is 0 Å². The molecule has 0 saturated carbocycles. The Morgan fingerprint density at radius 3 is 2.69 bits per heavy atom. The van der Waals surface area contributed by atoms with Crippen LogP contribution in [0.4, 0.5) is 13.2 Å². The molecule has 0 aliphatic carbocycles. The predicted molar refractivity (Wildman–Crippen MR) is 92.9 cm³/mol. The van der Waals surface area contributed by atoms with Crippen molar-refractivity contribution in [2.24, 2.45) is 0 Å². The molecule has 4 nitrogen and oxygen atoms in total. The zero-order valence-corrected chi connectivity index (χ0v) is 14.5. The van der Waals surface area contributed by atoms with E-state index < -0.39 is 11.9 Å². The molecular weight excluding hydrogens is 343 g/mol. The highest BCUT2D eigenvalue weighted by Gasteiger charge is 2.37. The highest BCUT2D eigenvalue weighted by atomic mass is 19.4. The van der Waals surface area contributed by atoms with E-state index in [1.807, 2.05) is 24.3 Å².